The fourth-order valence-corrected chi connectivity index (χ4v) is 2.35. The molecule has 1 aromatic rings. The van der Waals surface area contributed by atoms with Crippen LogP contribution in [0.5, 0.6) is 0 Å². The zero-order valence-corrected chi connectivity index (χ0v) is 8.78. The first kappa shape index (κ1) is 9.01. The minimum Gasteiger partial charge on any atom is -0.399 e. The Bertz CT molecular complexity index is 441. The molecule has 0 aromatic carbocycles. The van der Waals surface area contributed by atoms with Gasteiger partial charge in [-0.25, -0.2) is 0 Å². The summed E-state index contributed by atoms with van der Waals surface area (Å²) >= 11 is 0. The van der Waals surface area contributed by atoms with E-state index in [0.29, 0.717) is 17.6 Å². The van der Waals surface area contributed by atoms with Crippen molar-refractivity contribution in [3.05, 3.63) is 28.2 Å². The minimum absolute atomic E-state index is 0.0987. The lowest BCUT2D eigenvalue weighted by atomic mass is 9.92. The summed E-state index contributed by atoms with van der Waals surface area (Å²) in [5, 5.41) is 0. The van der Waals surface area contributed by atoms with E-state index >= 15 is 0 Å². The van der Waals surface area contributed by atoms with Crippen LogP contribution in [0.2, 0.25) is 0 Å². The summed E-state index contributed by atoms with van der Waals surface area (Å²) in [5.74, 6) is 0.599. The average molecular weight is 204 g/mol. The van der Waals surface area contributed by atoms with Crippen LogP contribution in [0.4, 0.5) is 5.69 Å². The highest BCUT2D eigenvalue weighted by Crippen LogP contribution is 2.43. The van der Waals surface area contributed by atoms with Crippen molar-refractivity contribution in [2.75, 3.05) is 5.73 Å². The maximum Gasteiger partial charge on any atom is 0.253 e. The quantitative estimate of drug-likeness (QED) is 0.801. The maximum atomic E-state index is 11.9. The fourth-order valence-electron chi connectivity index (χ4n) is 2.35. The van der Waals surface area contributed by atoms with Crippen molar-refractivity contribution in [1.29, 1.82) is 0 Å². The van der Waals surface area contributed by atoms with Crippen molar-refractivity contribution in [1.82, 2.24) is 4.57 Å². The van der Waals surface area contributed by atoms with E-state index in [4.69, 9.17) is 5.73 Å². The number of anilines is 1. The van der Waals surface area contributed by atoms with Crippen LogP contribution in [0.15, 0.2) is 16.9 Å². The molecule has 0 amide bonds. The fraction of sp³-hybridized carbons (Fsp3) is 0.583. The topological polar surface area (TPSA) is 48.0 Å². The van der Waals surface area contributed by atoms with E-state index in [0.717, 1.165) is 12.8 Å². The molecule has 0 radical (unpaired) electrons. The maximum absolute atomic E-state index is 11.9. The van der Waals surface area contributed by atoms with Crippen LogP contribution < -0.4 is 11.3 Å². The zero-order valence-electron chi connectivity index (χ0n) is 8.78. The van der Waals surface area contributed by atoms with Crippen molar-refractivity contribution in [2.24, 2.45) is 0 Å². The normalized spacial score (nSPS) is 21.3. The van der Waals surface area contributed by atoms with Gasteiger partial charge in [0.05, 0.1) is 0 Å². The van der Waals surface area contributed by atoms with Gasteiger partial charge in [-0.1, -0.05) is 0 Å². The summed E-state index contributed by atoms with van der Waals surface area (Å²) in [7, 11) is 0. The predicted octanol–water partition coefficient (Wildman–Crippen LogP) is 2.03. The lowest BCUT2D eigenvalue weighted by Crippen LogP contribution is -2.31. The lowest BCUT2D eigenvalue weighted by Gasteiger charge is -2.30. The molecule has 3 rings (SSSR count). The Kier molecular flexibility index (Phi) is 1.87. The first-order valence-electron chi connectivity index (χ1n) is 5.77. The van der Waals surface area contributed by atoms with Crippen molar-refractivity contribution < 1.29 is 0 Å². The number of pyridine rings is 1. The molecule has 15 heavy (non-hydrogen) atoms. The molecule has 2 fully saturated rings. The molecule has 2 saturated carbocycles. The molecular weight excluding hydrogens is 188 g/mol. The molecule has 80 valence electrons. The highest BCUT2D eigenvalue weighted by Gasteiger charge is 2.31. The smallest absolute Gasteiger partial charge is 0.253 e. The van der Waals surface area contributed by atoms with Crippen LogP contribution >= 0.6 is 0 Å². The Morgan fingerprint density at radius 2 is 1.93 bits per heavy atom. The summed E-state index contributed by atoms with van der Waals surface area (Å²) in [5.41, 5.74) is 7.65. The van der Waals surface area contributed by atoms with Gasteiger partial charge in [0.1, 0.15) is 0 Å². The van der Waals surface area contributed by atoms with Crippen LogP contribution in [0.3, 0.4) is 0 Å². The Morgan fingerprint density at radius 3 is 2.47 bits per heavy atom. The van der Waals surface area contributed by atoms with E-state index in [1.165, 1.54) is 25.0 Å². The molecule has 0 unspecified atom stereocenters. The second-order valence-electron chi connectivity index (χ2n) is 4.78. The minimum atomic E-state index is 0.0987. The van der Waals surface area contributed by atoms with E-state index in [1.807, 2.05) is 10.6 Å². The molecule has 0 spiro atoms. The van der Waals surface area contributed by atoms with Crippen molar-refractivity contribution in [3.63, 3.8) is 0 Å². The molecule has 0 atom stereocenters. The molecule has 2 aliphatic rings. The van der Waals surface area contributed by atoms with Gasteiger partial charge in [-0.05, 0) is 44.1 Å². The number of nitrogen functional groups attached to an aromatic ring is 1. The molecule has 0 bridgehead atoms. The van der Waals surface area contributed by atoms with Crippen LogP contribution in [-0.2, 0) is 0 Å². The third-order valence-electron chi connectivity index (χ3n) is 3.56. The average Bonchev–Trinajstić information content (AvgIpc) is 2.88. The van der Waals surface area contributed by atoms with Gasteiger partial charge in [-0.2, -0.15) is 0 Å². The van der Waals surface area contributed by atoms with Gasteiger partial charge in [0, 0.05) is 23.5 Å². The van der Waals surface area contributed by atoms with E-state index in [1.54, 1.807) is 6.07 Å². The van der Waals surface area contributed by atoms with Gasteiger partial charge in [0.15, 0.2) is 0 Å². The largest absolute Gasteiger partial charge is 0.399 e. The third-order valence-corrected chi connectivity index (χ3v) is 3.56. The molecular formula is C12H16N2O. The monoisotopic (exact) mass is 204 g/mol. The van der Waals surface area contributed by atoms with Gasteiger partial charge in [0.25, 0.3) is 5.56 Å². The summed E-state index contributed by atoms with van der Waals surface area (Å²) in [6.07, 6.45) is 6.00. The van der Waals surface area contributed by atoms with E-state index in [2.05, 4.69) is 0 Å². The highest BCUT2D eigenvalue weighted by atomic mass is 16.1. The van der Waals surface area contributed by atoms with Crippen molar-refractivity contribution in [3.8, 4) is 0 Å². The van der Waals surface area contributed by atoms with E-state index < -0.39 is 0 Å². The van der Waals surface area contributed by atoms with Gasteiger partial charge < -0.3 is 10.3 Å². The zero-order chi connectivity index (χ0) is 10.4. The van der Waals surface area contributed by atoms with Crippen LogP contribution in [-0.4, -0.2) is 4.57 Å². The SMILES string of the molecule is Nc1cc(C2CC2)n(C2CCC2)c(=O)c1. The van der Waals surface area contributed by atoms with Crippen LogP contribution in [0, 0.1) is 0 Å². The summed E-state index contributed by atoms with van der Waals surface area (Å²) in [4.78, 5) is 11.9. The number of rotatable bonds is 2. The van der Waals surface area contributed by atoms with Crippen molar-refractivity contribution in [2.45, 2.75) is 44.1 Å². The second kappa shape index (κ2) is 3.12. The lowest BCUT2D eigenvalue weighted by molar-refractivity contribution is 0.299. The Balaban J connectivity index is 2.11. The Labute approximate surface area is 88.9 Å². The first-order valence-corrected chi connectivity index (χ1v) is 5.77. The summed E-state index contributed by atoms with van der Waals surface area (Å²) in [6, 6.07) is 4.01. The number of hydrogen-bond acceptors (Lipinski definition) is 2. The van der Waals surface area contributed by atoms with E-state index in [-0.39, 0.29) is 5.56 Å². The van der Waals surface area contributed by atoms with Crippen LogP contribution in [0.1, 0.15) is 49.8 Å². The van der Waals surface area contributed by atoms with Gasteiger partial charge in [0.2, 0.25) is 0 Å². The summed E-state index contributed by atoms with van der Waals surface area (Å²) in [6.45, 7) is 0. The molecule has 2 N–H and O–H groups in total. The van der Waals surface area contributed by atoms with Crippen molar-refractivity contribution >= 4 is 5.69 Å². The molecule has 1 heterocycles. The second-order valence-corrected chi connectivity index (χ2v) is 4.78. The highest BCUT2D eigenvalue weighted by molar-refractivity contribution is 5.40. The molecule has 0 saturated heterocycles. The molecule has 3 nitrogen and oxygen atoms in total. The van der Waals surface area contributed by atoms with Crippen LogP contribution in [0.25, 0.3) is 0 Å². The predicted molar refractivity (Wildman–Crippen MR) is 60.0 cm³/mol. The van der Waals surface area contributed by atoms with Gasteiger partial charge in [-0.3, -0.25) is 4.79 Å². The van der Waals surface area contributed by atoms with Gasteiger partial charge >= 0.3 is 0 Å². The number of nitrogens with zero attached hydrogens (tertiary/aromatic N) is 1. The first-order chi connectivity index (χ1) is 7.25. The van der Waals surface area contributed by atoms with E-state index in [9.17, 15) is 4.79 Å². The summed E-state index contributed by atoms with van der Waals surface area (Å²) < 4.78 is 2.00. The Hall–Kier alpha value is -1.25. The number of nitrogens with two attached hydrogens (primary N) is 1. The standard InChI is InChI=1S/C12H16N2O/c13-9-6-11(8-4-5-8)14(12(15)7-9)10-2-1-3-10/h6-8,10H,1-5,13H2. The number of aromatic nitrogens is 1. The molecule has 3 heteroatoms. The molecule has 1 aromatic heterocycles. The number of hydrogen-bond donors (Lipinski definition) is 1. The molecule has 2 aliphatic carbocycles. The van der Waals surface area contributed by atoms with Gasteiger partial charge in [-0.15, -0.1) is 0 Å². The Morgan fingerprint density at radius 1 is 1.20 bits per heavy atom. The third kappa shape index (κ3) is 1.46. The molecule has 0 aliphatic heterocycles.